The maximum absolute atomic E-state index is 13.4. The highest BCUT2D eigenvalue weighted by Crippen LogP contribution is 2.70. The molecular weight excluding hydrogens is 390 g/mol. The minimum absolute atomic E-state index is 0.0344. The molecule has 0 aliphatic heterocycles. The van der Waals surface area contributed by atoms with E-state index in [0.717, 1.165) is 60.5 Å². The first-order valence-corrected chi connectivity index (χ1v) is 12.0. The molecule has 0 N–H and O–H groups in total. The van der Waals surface area contributed by atoms with Gasteiger partial charge in [-0.15, -0.1) is 0 Å². The molecule has 5 aliphatic carbocycles. The Kier molecular flexibility index (Phi) is 4.79. The van der Waals surface area contributed by atoms with Crippen LogP contribution in [0.1, 0.15) is 85.5 Å². The SMILES string of the molecule is CCC(C)ON([O-])C1CC2=CC(=O)CCC2(C)C2=C1C1=CCC3(C)CCC(=O)C13CC2. The Morgan fingerprint density at radius 3 is 2.71 bits per heavy atom. The summed E-state index contributed by atoms with van der Waals surface area (Å²) in [5.74, 6) is 0.510. The van der Waals surface area contributed by atoms with Crippen LogP contribution in [-0.4, -0.2) is 28.9 Å². The lowest BCUT2D eigenvalue weighted by Gasteiger charge is -2.55. The molecule has 0 saturated heterocycles. The van der Waals surface area contributed by atoms with Gasteiger partial charge in [0.1, 0.15) is 5.78 Å². The number of ketones is 2. The van der Waals surface area contributed by atoms with Crippen molar-refractivity contribution < 1.29 is 14.4 Å². The quantitative estimate of drug-likeness (QED) is 0.568. The molecule has 1 fully saturated rings. The summed E-state index contributed by atoms with van der Waals surface area (Å²) in [5, 5.41) is 14.1. The van der Waals surface area contributed by atoms with E-state index >= 15 is 0 Å². The van der Waals surface area contributed by atoms with Gasteiger partial charge in [0.15, 0.2) is 5.78 Å². The molecule has 1 spiro atoms. The Hall–Kier alpha value is -1.56. The molecule has 0 aromatic carbocycles. The summed E-state index contributed by atoms with van der Waals surface area (Å²) in [5.41, 5.74) is 3.86. The fraction of sp³-hybridized carbons (Fsp3) is 0.692. The standard InChI is InChI=1S/C26H34NO4/c1-5-16(2)31-27(30)21-15-17-14-18(28)6-12-25(17,4)19-8-13-26-20(23(19)21)7-10-24(26,3)11-9-22(26)29/h7,14,16,21H,5-6,8-13,15H2,1-4H3/q-1. The largest absolute Gasteiger partial charge is 0.762 e. The zero-order valence-corrected chi connectivity index (χ0v) is 19.3. The first kappa shape index (κ1) is 21.3. The lowest BCUT2D eigenvalue weighted by atomic mass is 9.51. The van der Waals surface area contributed by atoms with E-state index in [1.165, 1.54) is 5.57 Å². The van der Waals surface area contributed by atoms with Gasteiger partial charge in [-0.2, -0.15) is 0 Å². The topological polar surface area (TPSA) is 69.7 Å². The molecule has 5 atom stereocenters. The number of Topliss-reactive ketones (excluding diaryl/α,β-unsaturated/α-hetero) is 1. The molecule has 0 radical (unpaired) electrons. The third kappa shape index (κ3) is 2.72. The summed E-state index contributed by atoms with van der Waals surface area (Å²) < 4.78 is 0. The smallest absolute Gasteiger partial charge is 0.155 e. The highest BCUT2D eigenvalue weighted by molar-refractivity contribution is 5.95. The van der Waals surface area contributed by atoms with Crippen molar-refractivity contribution in [2.24, 2.45) is 16.2 Å². The van der Waals surface area contributed by atoms with Crippen LogP contribution in [0.3, 0.4) is 0 Å². The summed E-state index contributed by atoms with van der Waals surface area (Å²) in [7, 11) is 0. The molecule has 0 bridgehead atoms. The number of carbonyl (C=O) groups is 2. The fourth-order valence-corrected chi connectivity index (χ4v) is 7.29. The van der Waals surface area contributed by atoms with Gasteiger partial charge in [-0.25, -0.2) is 0 Å². The van der Waals surface area contributed by atoms with E-state index in [9.17, 15) is 14.8 Å². The molecule has 0 aromatic heterocycles. The molecular formula is C26H34NO4-. The van der Waals surface area contributed by atoms with Crippen LogP contribution in [0.15, 0.2) is 34.4 Å². The number of fused-ring (bicyclic) bond motifs is 3. The van der Waals surface area contributed by atoms with E-state index < -0.39 is 11.5 Å². The van der Waals surface area contributed by atoms with E-state index in [1.54, 1.807) is 6.08 Å². The predicted molar refractivity (Wildman–Crippen MR) is 119 cm³/mol. The summed E-state index contributed by atoms with van der Waals surface area (Å²) >= 11 is 0. The number of hydroxylamine groups is 2. The molecule has 168 valence electrons. The number of hydrogen-bond acceptors (Lipinski definition) is 5. The Morgan fingerprint density at radius 2 is 1.97 bits per heavy atom. The Bertz CT molecular complexity index is 945. The zero-order chi connectivity index (χ0) is 22.2. The Morgan fingerprint density at radius 1 is 1.19 bits per heavy atom. The van der Waals surface area contributed by atoms with Gasteiger partial charge in [0, 0.05) is 18.3 Å². The first-order valence-electron chi connectivity index (χ1n) is 12.0. The van der Waals surface area contributed by atoms with E-state index in [4.69, 9.17) is 4.84 Å². The molecule has 31 heavy (non-hydrogen) atoms. The van der Waals surface area contributed by atoms with Gasteiger partial charge in [-0.1, -0.05) is 38.0 Å². The minimum atomic E-state index is -0.492. The average Bonchev–Trinajstić information content (AvgIpc) is 3.18. The molecule has 1 saturated carbocycles. The lowest BCUT2D eigenvalue weighted by molar-refractivity contribution is -0.178. The van der Waals surface area contributed by atoms with Crippen LogP contribution in [0.4, 0.5) is 0 Å². The molecule has 5 unspecified atom stereocenters. The van der Waals surface area contributed by atoms with Crippen molar-refractivity contribution in [2.75, 3.05) is 0 Å². The van der Waals surface area contributed by atoms with E-state index in [2.05, 4.69) is 19.9 Å². The number of rotatable bonds is 4. The van der Waals surface area contributed by atoms with Crippen molar-refractivity contribution in [1.29, 1.82) is 0 Å². The van der Waals surface area contributed by atoms with Crippen molar-refractivity contribution in [3.05, 3.63) is 39.7 Å². The monoisotopic (exact) mass is 424 g/mol. The maximum Gasteiger partial charge on any atom is 0.155 e. The molecule has 0 aromatic rings. The molecule has 0 heterocycles. The Labute approximate surface area is 185 Å². The van der Waals surface area contributed by atoms with Crippen LogP contribution in [0.2, 0.25) is 0 Å². The number of hydrogen-bond donors (Lipinski definition) is 0. The third-order valence-corrected chi connectivity index (χ3v) is 9.43. The van der Waals surface area contributed by atoms with Crippen molar-refractivity contribution in [1.82, 2.24) is 5.23 Å². The molecule has 5 nitrogen and oxygen atoms in total. The van der Waals surface area contributed by atoms with Crippen LogP contribution in [0.25, 0.3) is 0 Å². The highest BCUT2D eigenvalue weighted by Gasteiger charge is 2.65. The predicted octanol–water partition coefficient (Wildman–Crippen LogP) is 5.36. The number of allylic oxidation sites excluding steroid dienone is 3. The zero-order valence-electron chi connectivity index (χ0n) is 19.3. The average molecular weight is 425 g/mol. The highest BCUT2D eigenvalue weighted by atomic mass is 16.9. The van der Waals surface area contributed by atoms with Crippen LogP contribution in [0, 0.1) is 21.5 Å². The fourth-order valence-electron chi connectivity index (χ4n) is 7.29. The van der Waals surface area contributed by atoms with E-state index in [1.807, 2.05) is 13.8 Å². The number of nitrogens with zero attached hydrogens (tertiary/aromatic N) is 1. The van der Waals surface area contributed by atoms with Crippen molar-refractivity contribution in [3.63, 3.8) is 0 Å². The van der Waals surface area contributed by atoms with Gasteiger partial charge in [-0.05, 0) is 74.5 Å². The maximum atomic E-state index is 13.4. The first-order chi connectivity index (χ1) is 14.7. The van der Waals surface area contributed by atoms with Crippen molar-refractivity contribution >= 4 is 11.6 Å². The third-order valence-electron chi connectivity index (χ3n) is 9.43. The van der Waals surface area contributed by atoms with E-state index in [-0.39, 0.29) is 22.7 Å². The van der Waals surface area contributed by atoms with Crippen LogP contribution in [-0.2, 0) is 14.4 Å². The van der Waals surface area contributed by atoms with Gasteiger partial charge in [-0.3, -0.25) is 14.8 Å². The van der Waals surface area contributed by atoms with Gasteiger partial charge in [0.2, 0.25) is 0 Å². The molecule has 5 heteroatoms. The lowest BCUT2D eigenvalue weighted by Crippen LogP contribution is -2.50. The van der Waals surface area contributed by atoms with Gasteiger partial charge >= 0.3 is 0 Å². The van der Waals surface area contributed by atoms with Crippen LogP contribution in [0.5, 0.6) is 0 Å². The van der Waals surface area contributed by atoms with Crippen LogP contribution < -0.4 is 0 Å². The van der Waals surface area contributed by atoms with E-state index in [0.29, 0.717) is 25.0 Å². The molecule has 0 amide bonds. The second-order valence-electron chi connectivity index (χ2n) is 10.9. The molecule has 5 aliphatic rings. The minimum Gasteiger partial charge on any atom is -0.762 e. The van der Waals surface area contributed by atoms with Crippen molar-refractivity contribution in [3.8, 4) is 0 Å². The second kappa shape index (κ2) is 6.97. The summed E-state index contributed by atoms with van der Waals surface area (Å²) in [6.07, 6.45) is 10.6. The summed E-state index contributed by atoms with van der Waals surface area (Å²) in [4.78, 5) is 31.4. The van der Waals surface area contributed by atoms with Crippen LogP contribution >= 0.6 is 0 Å². The van der Waals surface area contributed by atoms with Gasteiger partial charge < -0.3 is 10.0 Å². The molecule has 5 rings (SSSR count). The second-order valence-corrected chi connectivity index (χ2v) is 10.9. The van der Waals surface area contributed by atoms with Gasteiger partial charge in [0.05, 0.1) is 17.6 Å². The normalized spacial score (nSPS) is 40.3. The summed E-state index contributed by atoms with van der Waals surface area (Å²) in [6, 6.07) is -0.492. The summed E-state index contributed by atoms with van der Waals surface area (Å²) in [6.45, 7) is 8.42. The number of carbonyl (C=O) groups excluding carboxylic acids is 2. The Balaban J connectivity index is 1.67. The van der Waals surface area contributed by atoms with Crippen molar-refractivity contribution in [2.45, 2.75) is 97.6 Å². The van der Waals surface area contributed by atoms with Gasteiger partial charge in [0.25, 0.3) is 0 Å².